The Bertz CT molecular complexity index is 828. The van der Waals surface area contributed by atoms with E-state index in [1.54, 1.807) is 16.2 Å². The molecule has 136 valence electrons. The second-order valence-electron chi connectivity index (χ2n) is 7.86. The summed E-state index contributed by atoms with van der Waals surface area (Å²) in [5.74, 6) is 0.141. The predicted molar refractivity (Wildman–Crippen MR) is 103 cm³/mol. The van der Waals surface area contributed by atoms with Crippen LogP contribution in [0.15, 0.2) is 41.8 Å². The number of benzene rings is 1. The van der Waals surface area contributed by atoms with Crippen LogP contribution in [0.2, 0.25) is 0 Å². The number of thiophene rings is 1. The second-order valence-corrected chi connectivity index (χ2v) is 8.89. The molecule has 1 aromatic heterocycles. The molecule has 0 bridgehead atoms. The van der Waals surface area contributed by atoms with Crippen LogP contribution in [0, 0.1) is 0 Å². The van der Waals surface area contributed by atoms with Crippen molar-refractivity contribution in [1.82, 2.24) is 9.80 Å². The Morgan fingerprint density at radius 1 is 1.23 bits per heavy atom. The molecule has 4 nitrogen and oxygen atoms in total. The van der Waals surface area contributed by atoms with Crippen LogP contribution in [0.4, 0.5) is 0 Å². The third-order valence-corrected chi connectivity index (χ3v) is 6.48. The molecule has 0 N–H and O–H groups in total. The van der Waals surface area contributed by atoms with E-state index in [9.17, 15) is 9.59 Å². The summed E-state index contributed by atoms with van der Waals surface area (Å²) in [5, 5.41) is 2.03. The maximum Gasteiger partial charge on any atom is 0.242 e. The maximum atomic E-state index is 12.8. The molecule has 3 heterocycles. The van der Waals surface area contributed by atoms with Crippen molar-refractivity contribution in [2.75, 3.05) is 19.6 Å². The van der Waals surface area contributed by atoms with Crippen molar-refractivity contribution in [2.45, 2.75) is 38.1 Å². The van der Waals surface area contributed by atoms with E-state index in [1.165, 1.54) is 16.0 Å². The molecule has 2 aromatic rings. The van der Waals surface area contributed by atoms with Crippen LogP contribution < -0.4 is 0 Å². The maximum absolute atomic E-state index is 12.8. The molecule has 1 unspecified atom stereocenters. The van der Waals surface area contributed by atoms with Crippen LogP contribution in [0.3, 0.4) is 0 Å². The van der Waals surface area contributed by atoms with Crippen LogP contribution >= 0.6 is 11.3 Å². The Morgan fingerprint density at radius 3 is 2.81 bits per heavy atom. The van der Waals surface area contributed by atoms with Gasteiger partial charge in [0, 0.05) is 29.8 Å². The first-order chi connectivity index (χ1) is 12.5. The molecule has 2 amide bonds. The molecule has 1 fully saturated rings. The molecule has 2 aliphatic rings. The number of hydrogen-bond acceptors (Lipinski definition) is 3. The summed E-state index contributed by atoms with van der Waals surface area (Å²) < 4.78 is 0. The normalized spacial score (nSPS) is 21.3. The third-order valence-electron chi connectivity index (χ3n) is 5.55. The van der Waals surface area contributed by atoms with E-state index in [-0.39, 0.29) is 29.8 Å². The number of rotatable bonds is 3. The van der Waals surface area contributed by atoms with Gasteiger partial charge in [-0.2, -0.15) is 0 Å². The van der Waals surface area contributed by atoms with Gasteiger partial charge in [0.05, 0.1) is 12.6 Å². The Kier molecular flexibility index (Phi) is 4.35. The Balaban J connectivity index is 1.55. The van der Waals surface area contributed by atoms with E-state index in [4.69, 9.17) is 0 Å². The van der Waals surface area contributed by atoms with Gasteiger partial charge in [0.25, 0.3) is 0 Å². The van der Waals surface area contributed by atoms with Crippen molar-refractivity contribution in [1.29, 1.82) is 0 Å². The van der Waals surface area contributed by atoms with Gasteiger partial charge in [0.2, 0.25) is 11.8 Å². The van der Waals surface area contributed by atoms with E-state index < -0.39 is 0 Å². The van der Waals surface area contributed by atoms with E-state index in [0.29, 0.717) is 19.5 Å². The lowest BCUT2D eigenvalue weighted by Gasteiger charge is -2.49. The summed E-state index contributed by atoms with van der Waals surface area (Å²) >= 11 is 1.67. The highest BCUT2D eigenvalue weighted by molar-refractivity contribution is 7.09. The molecule has 26 heavy (non-hydrogen) atoms. The quantitative estimate of drug-likeness (QED) is 0.833. The Hall–Kier alpha value is -2.14. The van der Waals surface area contributed by atoms with E-state index in [0.717, 1.165) is 6.42 Å². The van der Waals surface area contributed by atoms with E-state index in [2.05, 4.69) is 38.1 Å². The fraction of sp³-hybridized carbons (Fsp3) is 0.429. The molecular weight excluding hydrogens is 344 g/mol. The van der Waals surface area contributed by atoms with Gasteiger partial charge in [0.1, 0.15) is 0 Å². The first kappa shape index (κ1) is 17.3. The highest BCUT2D eigenvalue weighted by Gasteiger charge is 2.43. The van der Waals surface area contributed by atoms with Crippen LogP contribution in [0.1, 0.15) is 42.3 Å². The SMILES string of the molecule is CC1(C)CN2C(=O)CN(C(=O)CCc3cccs3)CC2c2ccccc21. The summed E-state index contributed by atoms with van der Waals surface area (Å²) in [6, 6.07) is 12.4. The monoisotopic (exact) mass is 368 g/mol. The van der Waals surface area contributed by atoms with Gasteiger partial charge in [-0.1, -0.05) is 44.2 Å². The van der Waals surface area contributed by atoms with Gasteiger partial charge >= 0.3 is 0 Å². The number of carbonyl (C=O) groups excluding carboxylic acids is 2. The highest BCUT2D eigenvalue weighted by atomic mass is 32.1. The van der Waals surface area contributed by atoms with Crippen molar-refractivity contribution < 1.29 is 9.59 Å². The summed E-state index contributed by atoms with van der Waals surface area (Å²) in [5.41, 5.74) is 2.42. The van der Waals surface area contributed by atoms with Crippen molar-refractivity contribution in [3.8, 4) is 0 Å². The zero-order valence-corrected chi connectivity index (χ0v) is 16.1. The number of piperazine rings is 1. The average Bonchev–Trinajstić information content (AvgIpc) is 3.14. The van der Waals surface area contributed by atoms with Gasteiger partial charge in [-0.05, 0) is 29.0 Å². The van der Waals surface area contributed by atoms with E-state index >= 15 is 0 Å². The number of hydrogen-bond donors (Lipinski definition) is 0. The molecular formula is C21H24N2O2S. The van der Waals surface area contributed by atoms with Crippen LogP contribution in [-0.2, 0) is 21.4 Å². The number of fused-ring (bicyclic) bond motifs is 3. The minimum atomic E-state index is -0.0614. The van der Waals surface area contributed by atoms with Gasteiger partial charge in [-0.3, -0.25) is 9.59 Å². The number of amides is 2. The lowest BCUT2D eigenvalue weighted by Crippen LogP contribution is -2.58. The van der Waals surface area contributed by atoms with Crippen LogP contribution in [0.25, 0.3) is 0 Å². The third kappa shape index (κ3) is 3.05. The zero-order chi connectivity index (χ0) is 18.3. The lowest BCUT2D eigenvalue weighted by atomic mass is 9.75. The van der Waals surface area contributed by atoms with Crippen molar-refractivity contribution >= 4 is 23.2 Å². The Labute approximate surface area is 158 Å². The lowest BCUT2D eigenvalue weighted by molar-refractivity contribution is -0.150. The molecule has 5 heteroatoms. The van der Waals surface area contributed by atoms with Crippen molar-refractivity contribution in [2.24, 2.45) is 0 Å². The molecule has 1 saturated heterocycles. The number of carbonyl (C=O) groups is 2. The standard InChI is InChI=1S/C21H24N2O2S/c1-21(2)14-23-18(16-7-3-4-8-17(16)21)12-22(13-20(23)25)19(24)10-9-15-6-5-11-26-15/h3-8,11,18H,9-10,12-14H2,1-2H3. The molecule has 2 aliphatic heterocycles. The first-order valence-corrected chi connectivity index (χ1v) is 10.0. The smallest absolute Gasteiger partial charge is 0.242 e. The molecule has 4 rings (SSSR count). The number of aryl methyl sites for hydroxylation is 1. The van der Waals surface area contributed by atoms with Gasteiger partial charge in [0.15, 0.2) is 0 Å². The number of nitrogens with zero attached hydrogens (tertiary/aromatic N) is 2. The largest absolute Gasteiger partial charge is 0.331 e. The van der Waals surface area contributed by atoms with Gasteiger partial charge in [-0.15, -0.1) is 11.3 Å². The molecule has 1 aromatic carbocycles. The molecule has 1 atom stereocenters. The van der Waals surface area contributed by atoms with Crippen molar-refractivity contribution in [3.05, 3.63) is 57.8 Å². The molecule has 0 saturated carbocycles. The fourth-order valence-corrected chi connectivity index (χ4v) is 4.92. The second kappa shape index (κ2) is 6.54. The summed E-state index contributed by atoms with van der Waals surface area (Å²) in [6.45, 7) is 5.90. The van der Waals surface area contributed by atoms with Crippen LogP contribution in [0.5, 0.6) is 0 Å². The van der Waals surface area contributed by atoms with Gasteiger partial charge < -0.3 is 9.80 Å². The minimum absolute atomic E-state index is 0.0221. The summed E-state index contributed by atoms with van der Waals surface area (Å²) in [7, 11) is 0. The average molecular weight is 369 g/mol. The molecule has 0 aliphatic carbocycles. The van der Waals surface area contributed by atoms with Crippen molar-refractivity contribution in [3.63, 3.8) is 0 Å². The zero-order valence-electron chi connectivity index (χ0n) is 15.3. The van der Waals surface area contributed by atoms with Crippen LogP contribution in [-0.4, -0.2) is 41.2 Å². The Morgan fingerprint density at radius 2 is 2.04 bits per heavy atom. The predicted octanol–water partition coefficient (Wildman–Crippen LogP) is 3.38. The summed E-state index contributed by atoms with van der Waals surface area (Å²) in [4.78, 5) is 30.5. The highest BCUT2D eigenvalue weighted by Crippen LogP contribution is 2.41. The van der Waals surface area contributed by atoms with E-state index in [1.807, 2.05) is 22.4 Å². The van der Waals surface area contributed by atoms with Gasteiger partial charge in [-0.25, -0.2) is 0 Å². The fourth-order valence-electron chi connectivity index (χ4n) is 4.21. The first-order valence-electron chi connectivity index (χ1n) is 9.15. The minimum Gasteiger partial charge on any atom is -0.331 e. The summed E-state index contributed by atoms with van der Waals surface area (Å²) in [6.07, 6.45) is 1.22. The topological polar surface area (TPSA) is 40.6 Å². The molecule has 0 spiro atoms. The molecule has 0 radical (unpaired) electrons.